The van der Waals surface area contributed by atoms with Gasteiger partial charge in [-0.1, -0.05) is 17.7 Å². The Morgan fingerprint density at radius 2 is 2.08 bits per heavy atom. The van der Waals surface area contributed by atoms with E-state index < -0.39 is 29.3 Å². The molecule has 0 radical (unpaired) electrons. The minimum absolute atomic E-state index is 0.111. The maximum atomic E-state index is 11.9. The number of rotatable bonds is 6. The topological polar surface area (TPSA) is 112 Å². The predicted molar refractivity (Wildman–Crippen MR) is 94.9 cm³/mol. The summed E-state index contributed by atoms with van der Waals surface area (Å²) in [7, 11) is 0. The lowest BCUT2D eigenvalue weighted by Crippen LogP contribution is -2.20. The fourth-order valence-electron chi connectivity index (χ4n) is 2.11. The zero-order chi connectivity index (χ0) is 19.3. The van der Waals surface area contributed by atoms with Crippen LogP contribution in [-0.2, 0) is 14.3 Å². The van der Waals surface area contributed by atoms with Gasteiger partial charge in [-0.25, -0.2) is 4.79 Å². The maximum absolute atomic E-state index is 11.9. The first-order valence-electron chi connectivity index (χ1n) is 7.42. The monoisotopic (exact) mass is 378 g/mol. The molecule has 0 saturated carbocycles. The molecule has 1 aromatic carbocycles. The molecule has 1 heterocycles. The van der Waals surface area contributed by atoms with Gasteiger partial charge in [0.15, 0.2) is 6.61 Å². The van der Waals surface area contributed by atoms with Gasteiger partial charge in [0.1, 0.15) is 10.7 Å². The standard InChI is InChI=1S/C17H15ClN2O6/c1-10-7-11(2)17(13(18)8-10)19-14(21)9-25-16(22)6-4-12-3-5-15(26-12)20(23)24/h3-8H,9H2,1-2H3,(H,19,21)/b6-4+. The van der Waals surface area contributed by atoms with Crippen LogP contribution < -0.4 is 5.32 Å². The molecular formula is C17H15ClN2O6. The average Bonchev–Trinajstić information content (AvgIpc) is 3.03. The molecule has 0 aliphatic carbocycles. The van der Waals surface area contributed by atoms with Crippen molar-refractivity contribution >= 4 is 41.1 Å². The molecule has 2 rings (SSSR count). The summed E-state index contributed by atoms with van der Waals surface area (Å²) >= 11 is 6.09. The second-order valence-electron chi connectivity index (χ2n) is 5.36. The molecule has 0 aliphatic rings. The van der Waals surface area contributed by atoms with Gasteiger partial charge < -0.3 is 14.5 Å². The van der Waals surface area contributed by atoms with Gasteiger partial charge in [-0.2, -0.15) is 0 Å². The first-order valence-corrected chi connectivity index (χ1v) is 7.79. The SMILES string of the molecule is Cc1cc(C)c(NC(=O)COC(=O)/C=C/c2ccc([N+](=O)[O-])o2)c(Cl)c1. The first kappa shape index (κ1) is 19.2. The first-order chi connectivity index (χ1) is 12.3. The van der Waals surface area contributed by atoms with Crippen molar-refractivity contribution in [1.29, 1.82) is 0 Å². The Bertz CT molecular complexity index is 864. The number of anilines is 1. The normalized spacial score (nSPS) is 10.7. The van der Waals surface area contributed by atoms with Gasteiger partial charge in [0.05, 0.1) is 16.8 Å². The third-order valence-electron chi connectivity index (χ3n) is 3.22. The summed E-state index contributed by atoms with van der Waals surface area (Å²) in [4.78, 5) is 33.3. The molecule has 136 valence electrons. The number of esters is 1. The number of halogens is 1. The molecule has 0 unspecified atom stereocenters. The number of nitrogens with one attached hydrogen (secondary N) is 1. The molecule has 0 spiro atoms. The van der Waals surface area contributed by atoms with Crippen molar-refractivity contribution in [2.45, 2.75) is 13.8 Å². The van der Waals surface area contributed by atoms with E-state index >= 15 is 0 Å². The lowest BCUT2D eigenvalue weighted by molar-refractivity contribution is -0.402. The largest absolute Gasteiger partial charge is 0.452 e. The summed E-state index contributed by atoms with van der Waals surface area (Å²) < 4.78 is 9.65. The summed E-state index contributed by atoms with van der Waals surface area (Å²) in [6.07, 6.45) is 2.20. The maximum Gasteiger partial charge on any atom is 0.433 e. The molecule has 9 heteroatoms. The van der Waals surface area contributed by atoms with Crippen LogP contribution >= 0.6 is 11.6 Å². The zero-order valence-electron chi connectivity index (χ0n) is 13.9. The highest BCUT2D eigenvalue weighted by Crippen LogP contribution is 2.27. The number of hydrogen-bond acceptors (Lipinski definition) is 6. The van der Waals surface area contributed by atoms with Gasteiger partial charge in [-0.05, 0) is 43.2 Å². The molecule has 1 amide bonds. The molecule has 8 nitrogen and oxygen atoms in total. The third kappa shape index (κ3) is 5.18. The molecule has 0 saturated heterocycles. The number of nitrogens with zero attached hydrogens (tertiary/aromatic N) is 1. The number of ether oxygens (including phenoxy) is 1. The molecule has 1 N–H and O–H groups in total. The highest BCUT2D eigenvalue weighted by atomic mass is 35.5. The van der Waals surface area contributed by atoms with E-state index in [2.05, 4.69) is 5.32 Å². The van der Waals surface area contributed by atoms with Crippen molar-refractivity contribution in [2.24, 2.45) is 0 Å². The number of furan rings is 1. The molecular weight excluding hydrogens is 364 g/mol. The molecule has 0 fully saturated rings. The number of carbonyl (C=O) groups is 2. The number of hydrogen-bond donors (Lipinski definition) is 1. The van der Waals surface area contributed by atoms with Crippen LogP contribution in [0.1, 0.15) is 16.9 Å². The number of carbonyl (C=O) groups excluding carboxylic acids is 2. The van der Waals surface area contributed by atoms with Gasteiger partial charge in [0, 0.05) is 6.08 Å². The van der Waals surface area contributed by atoms with Gasteiger partial charge in [-0.15, -0.1) is 0 Å². The quantitative estimate of drug-likeness (QED) is 0.355. The molecule has 2 aromatic rings. The number of nitro groups is 1. The number of amides is 1. The lowest BCUT2D eigenvalue weighted by Gasteiger charge is -2.11. The highest BCUT2D eigenvalue weighted by molar-refractivity contribution is 6.34. The second-order valence-corrected chi connectivity index (χ2v) is 5.77. The van der Waals surface area contributed by atoms with Gasteiger partial charge in [0.25, 0.3) is 5.91 Å². The van der Waals surface area contributed by atoms with Crippen LogP contribution in [0.15, 0.2) is 34.8 Å². The number of benzene rings is 1. The van der Waals surface area contributed by atoms with Crippen LogP contribution in [0.2, 0.25) is 5.02 Å². The Hall–Kier alpha value is -3.13. The summed E-state index contributed by atoms with van der Waals surface area (Å²) in [5.41, 5.74) is 2.20. The van der Waals surface area contributed by atoms with E-state index in [9.17, 15) is 19.7 Å². The van der Waals surface area contributed by atoms with E-state index in [1.807, 2.05) is 13.0 Å². The molecule has 0 aliphatic heterocycles. The van der Waals surface area contributed by atoms with E-state index in [4.69, 9.17) is 20.8 Å². The van der Waals surface area contributed by atoms with Crippen molar-refractivity contribution in [3.05, 3.63) is 62.4 Å². The van der Waals surface area contributed by atoms with Crippen LogP contribution in [0.25, 0.3) is 6.08 Å². The van der Waals surface area contributed by atoms with Crippen molar-refractivity contribution in [3.63, 3.8) is 0 Å². The Balaban J connectivity index is 1.87. The van der Waals surface area contributed by atoms with Gasteiger partial charge in [0.2, 0.25) is 0 Å². The van der Waals surface area contributed by atoms with Crippen LogP contribution in [0, 0.1) is 24.0 Å². The second kappa shape index (κ2) is 8.30. The molecule has 0 bridgehead atoms. The smallest absolute Gasteiger partial charge is 0.433 e. The fourth-order valence-corrected chi connectivity index (χ4v) is 2.48. The highest BCUT2D eigenvalue weighted by Gasteiger charge is 2.12. The van der Waals surface area contributed by atoms with E-state index in [0.29, 0.717) is 10.7 Å². The summed E-state index contributed by atoms with van der Waals surface area (Å²) in [6, 6.07) is 6.06. The number of aryl methyl sites for hydroxylation is 2. The van der Waals surface area contributed by atoms with Crippen molar-refractivity contribution in [3.8, 4) is 0 Å². The van der Waals surface area contributed by atoms with Crippen LogP contribution in [0.3, 0.4) is 0 Å². The van der Waals surface area contributed by atoms with Crippen LogP contribution in [-0.4, -0.2) is 23.4 Å². The summed E-state index contributed by atoms with van der Waals surface area (Å²) in [5.74, 6) is -1.68. The fraction of sp³-hybridized carbons (Fsp3) is 0.176. The Morgan fingerprint density at radius 1 is 1.35 bits per heavy atom. The van der Waals surface area contributed by atoms with Crippen molar-refractivity contribution in [1.82, 2.24) is 0 Å². The van der Waals surface area contributed by atoms with Crippen LogP contribution in [0.4, 0.5) is 11.6 Å². The van der Waals surface area contributed by atoms with Gasteiger partial charge in [-0.3, -0.25) is 14.9 Å². The molecule has 1 aromatic heterocycles. The van der Waals surface area contributed by atoms with Crippen molar-refractivity contribution < 1.29 is 23.7 Å². The Kier molecular flexibility index (Phi) is 6.13. The van der Waals surface area contributed by atoms with E-state index in [1.165, 1.54) is 12.1 Å². The van der Waals surface area contributed by atoms with Gasteiger partial charge >= 0.3 is 11.9 Å². The molecule has 26 heavy (non-hydrogen) atoms. The van der Waals surface area contributed by atoms with E-state index in [-0.39, 0.29) is 5.76 Å². The lowest BCUT2D eigenvalue weighted by atomic mass is 10.1. The predicted octanol–water partition coefficient (Wildman–Crippen LogP) is 3.65. The van der Waals surface area contributed by atoms with E-state index in [0.717, 1.165) is 23.3 Å². The summed E-state index contributed by atoms with van der Waals surface area (Å²) in [6.45, 7) is 3.17. The minimum Gasteiger partial charge on any atom is -0.452 e. The molecule has 0 atom stereocenters. The minimum atomic E-state index is -0.800. The Morgan fingerprint density at radius 3 is 2.69 bits per heavy atom. The Labute approximate surface area is 153 Å². The zero-order valence-corrected chi connectivity index (χ0v) is 14.7. The summed E-state index contributed by atoms with van der Waals surface area (Å²) in [5, 5.41) is 13.5. The average molecular weight is 379 g/mol. The van der Waals surface area contributed by atoms with Crippen LogP contribution in [0.5, 0.6) is 0 Å². The third-order valence-corrected chi connectivity index (χ3v) is 3.52. The van der Waals surface area contributed by atoms with Crippen molar-refractivity contribution in [2.75, 3.05) is 11.9 Å². The van der Waals surface area contributed by atoms with E-state index in [1.54, 1.807) is 13.0 Å².